The molecule has 2 aromatic heterocycles. The largest absolute Gasteiger partial charge is 0.481 e. The first-order valence-corrected chi connectivity index (χ1v) is 11.6. The van der Waals surface area contributed by atoms with Gasteiger partial charge in [-0.05, 0) is 44.5 Å². The lowest BCUT2D eigenvalue weighted by Crippen LogP contribution is -2.48. The Hall–Kier alpha value is -2.90. The first-order chi connectivity index (χ1) is 15.5. The van der Waals surface area contributed by atoms with Crippen LogP contribution in [0.4, 0.5) is 0 Å². The standard InChI is InChI=1S/C25H27N3O3S/c1-16-8-9-19(13-26-16)24-27-17(2)23(32-24)12-20(15-29)28-11-10-21(25(30)31)22(14-28)18-6-4-3-5-7-18/h3-9,13,15,20-22H,10-12,14H2,1-2H3,(H,30,31)/t20?,21-,22+/m1/s1. The van der Waals surface area contributed by atoms with E-state index >= 15 is 0 Å². The molecule has 0 radical (unpaired) electrons. The summed E-state index contributed by atoms with van der Waals surface area (Å²) in [4.78, 5) is 36.3. The molecule has 1 saturated heterocycles. The molecule has 32 heavy (non-hydrogen) atoms. The van der Waals surface area contributed by atoms with E-state index in [-0.39, 0.29) is 12.0 Å². The lowest BCUT2D eigenvalue weighted by molar-refractivity contribution is -0.144. The minimum absolute atomic E-state index is 0.137. The number of benzene rings is 1. The summed E-state index contributed by atoms with van der Waals surface area (Å²) in [6.07, 6.45) is 3.93. The van der Waals surface area contributed by atoms with Crippen molar-refractivity contribution in [3.05, 3.63) is 70.5 Å². The van der Waals surface area contributed by atoms with Crippen LogP contribution in [0.5, 0.6) is 0 Å². The van der Waals surface area contributed by atoms with E-state index in [1.165, 1.54) is 0 Å². The third-order valence-electron chi connectivity index (χ3n) is 6.26. The number of aliphatic carboxylic acids is 1. The lowest BCUT2D eigenvalue weighted by Gasteiger charge is -2.39. The van der Waals surface area contributed by atoms with Crippen LogP contribution < -0.4 is 0 Å². The third-order valence-corrected chi connectivity index (χ3v) is 7.49. The predicted molar refractivity (Wildman–Crippen MR) is 125 cm³/mol. The molecule has 0 spiro atoms. The zero-order valence-corrected chi connectivity index (χ0v) is 19.1. The molecule has 166 valence electrons. The molecule has 0 amide bonds. The number of hydrogen-bond donors (Lipinski definition) is 1. The summed E-state index contributed by atoms with van der Waals surface area (Å²) in [6.45, 7) is 5.07. The second kappa shape index (κ2) is 9.71. The van der Waals surface area contributed by atoms with Crippen LogP contribution in [0, 0.1) is 19.8 Å². The first-order valence-electron chi connectivity index (χ1n) is 10.8. The van der Waals surface area contributed by atoms with Crippen molar-refractivity contribution < 1.29 is 14.7 Å². The number of carboxylic acid groups (broad SMARTS) is 1. The molecule has 4 rings (SSSR count). The van der Waals surface area contributed by atoms with E-state index in [4.69, 9.17) is 4.98 Å². The summed E-state index contributed by atoms with van der Waals surface area (Å²) in [6, 6.07) is 13.4. The predicted octanol–water partition coefficient (Wildman–Crippen LogP) is 4.12. The number of rotatable bonds is 7. The topological polar surface area (TPSA) is 83.4 Å². The molecular weight excluding hydrogens is 422 g/mol. The number of piperidine rings is 1. The number of carbonyl (C=O) groups is 2. The fourth-order valence-corrected chi connectivity index (χ4v) is 5.50. The number of aryl methyl sites for hydroxylation is 2. The minimum atomic E-state index is -0.768. The van der Waals surface area contributed by atoms with Gasteiger partial charge < -0.3 is 9.90 Å². The average Bonchev–Trinajstić information content (AvgIpc) is 3.18. The van der Waals surface area contributed by atoms with Crippen molar-refractivity contribution in [2.24, 2.45) is 5.92 Å². The van der Waals surface area contributed by atoms with E-state index in [0.29, 0.717) is 25.9 Å². The van der Waals surface area contributed by atoms with Crippen molar-refractivity contribution in [2.45, 2.75) is 38.6 Å². The van der Waals surface area contributed by atoms with Gasteiger partial charge in [0.05, 0.1) is 17.7 Å². The van der Waals surface area contributed by atoms with Crippen LogP contribution in [0.3, 0.4) is 0 Å². The number of aldehydes is 1. The van der Waals surface area contributed by atoms with Crippen LogP contribution in [-0.2, 0) is 16.0 Å². The van der Waals surface area contributed by atoms with E-state index in [9.17, 15) is 14.7 Å². The van der Waals surface area contributed by atoms with Crippen molar-refractivity contribution in [2.75, 3.05) is 13.1 Å². The van der Waals surface area contributed by atoms with Gasteiger partial charge in [0.15, 0.2) is 0 Å². The number of aromatic nitrogens is 2. The number of carboxylic acids is 1. The van der Waals surface area contributed by atoms with Gasteiger partial charge in [0.25, 0.3) is 0 Å². The highest BCUT2D eigenvalue weighted by molar-refractivity contribution is 7.15. The maximum atomic E-state index is 12.1. The number of pyridine rings is 1. The van der Waals surface area contributed by atoms with E-state index in [2.05, 4.69) is 9.88 Å². The molecule has 1 aromatic carbocycles. The molecule has 0 bridgehead atoms. The maximum absolute atomic E-state index is 12.1. The molecule has 1 unspecified atom stereocenters. The second-order valence-electron chi connectivity index (χ2n) is 8.37. The number of hydrogen-bond acceptors (Lipinski definition) is 6. The van der Waals surface area contributed by atoms with E-state index in [0.717, 1.165) is 38.7 Å². The lowest BCUT2D eigenvalue weighted by atomic mass is 9.80. The highest BCUT2D eigenvalue weighted by atomic mass is 32.1. The maximum Gasteiger partial charge on any atom is 0.307 e. The summed E-state index contributed by atoms with van der Waals surface area (Å²) < 4.78 is 0. The SMILES string of the molecule is Cc1ccc(-c2nc(C)c(CC(C=O)N3CC[C@@H](C(=O)O)[C@H](c4ccccc4)C3)s2)cn1. The van der Waals surface area contributed by atoms with Gasteiger partial charge in [-0.3, -0.25) is 14.7 Å². The smallest absolute Gasteiger partial charge is 0.307 e. The van der Waals surface area contributed by atoms with Crippen LogP contribution in [0.2, 0.25) is 0 Å². The Kier molecular flexibility index (Phi) is 6.77. The fraction of sp³-hybridized carbons (Fsp3) is 0.360. The van der Waals surface area contributed by atoms with Crippen molar-refractivity contribution in [1.82, 2.24) is 14.9 Å². The Balaban J connectivity index is 1.53. The summed E-state index contributed by atoms with van der Waals surface area (Å²) in [5, 5.41) is 10.7. The molecule has 0 saturated carbocycles. The Morgan fingerprint density at radius 2 is 2.03 bits per heavy atom. The van der Waals surface area contributed by atoms with Gasteiger partial charge >= 0.3 is 5.97 Å². The fourth-order valence-electron chi connectivity index (χ4n) is 4.40. The van der Waals surface area contributed by atoms with Gasteiger partial charge in [-0.2, -0.15) is 0 Å². The quantitative estimate of drug-likeness (QED) is 0.546. The third kappa shape index (κ3) is 4.79. The molecule has 7 heteroatoms. The second-order valence-corrected chi connectivity index (χ2v) is 9.45. The van der Waals surface area contributed by atoms with Crippen LogP contribution in [0.25, 0.3) is 10.6 Å². The molecule has 3 aromatic rings. The van der Waals surface area contributed by atoms with E-state index in [1.807, 2.05) is 62.5 Å². The summed E-state index contributed by atoms with van der Waals surface area (Å²) in [5.41, 5.74) is 3.87. The number of carbonyl (C=O) groups excluding carboxylic acids is 1. The summed E-state index contributed by atoms with van der Waals surface area (Å²) >= 11 is 1.60. The van der Waals surface area contributed by atoms with E-state index in [1.54, 1.807) is 11.3 Å². The van der Waals surface area contributed by atoms with E-state index < -0.39 is 11.9 Å². The van der Waals surface area contributed by atoms with Crippen molar-refractivity contribution in [1.29, 1.82) is 0 Å². The van der Waals surface area contributed by atoms with Gasteiger partial charge in [0.1, 0.15) is 11.3 Å². The molecule has 3 atom stereocenters. The van der Waals surface area contributed by atoms with Crippen LogP contribution in [0.1, 0.15) is 34.2 Å². The Bertz CT molecular complexity index is 1080. The Labute approximate surface area is 192 Å². The molecule has 1 aliphatic rings. The van der Waals surface area contributed by atoms with Crippen LogP contribution in [-0.4, -0.2) is 51.4 Å². The molecule has 0 aliphatic carbocycles. The first kappa shape index (κ1) is 22.3. The van der Waals surface area contributed by atoms with Crippen LogP contribution >= 0.6 is 11.3 Å². The number of nitrogens with zero attached hydrogens (tertiary/aromatic N) is 3. The summed E-state index contributed by atoms with van der Waals surface area (Å²) in [7, 11) is 0. The zero-order chi connectivity index (χ0) is 22.7. The normalized spacial score (nSPS) is 20.1. The molecule has 1 fully saturated rings. The average molecular weight is 450 g/mol. The molecule has 6 nitrogen and oxygen atoms in total. The molecule has 1 aliphatic heterocycles. The van der Waals surface area contributed by atoms with Crippen molar-refractivity contribution in [3.63, 3.8) is 0 Å². The van der Waals surface area contributed by atoms with Gasteiger partial charge in [0, 0.05) is 41.2 Å². The zero-order valence-electron chi connectivity index (χ0n) is 18.3. The van der Waals surface area contributed by atoms with Gasteiger partial charge in [-0.1, -0.05) is 30.3 Å². The highest BCUT2D eigenvalue weighted by Gasteiger charge is 2.37. The minimum Gasteiger partial charge on any atom is -0.481 e. The van der Waals surface area contributed by atoms with Gasteiger partial charge in [0.2, 0.25) is 0 Å². The number of thiazole rings is 1. The van der Waals surface area contributed by atoms with Gasteiger partial charge in [-0.25, -0.2) is 4.98 Å². The highest BCUT2D eigenvalue weighted by Crippen LogP contribution is 2.35. The van der Waals surface area contributed by atoms with Crippen LogP contribution in [0.15, 0.2) is 48.7 Å². The molecule has 3 heterocycles. The molecule has 1 N–H and O–H groups in total. The van der Waals surface area contributed by atoms with Crippen molar-refractivity contribution in [3.8, 4) is 10.6 Å². The van der Waals surface area contributed by atoms with Crippen molar-refractivity contribution >= 4 is 23.6 Å². The number of likely N-dealkylation sites (tertiary alicyclic amines) is 1. The monoisotopic (exact) mass is 449 g/mol. The summed E-state index contributed by atoms with van der Waals surface area (Å²) in [5.74, 6) is -1.34. The van der Waals surface area contributed by atoms with Gasteiger partial charge in [-0.15, -0.1) is 11.3 Å². The Morgan fingerprint density at radius 1 is 1.25 bits per heavy atom. The Morgan fingerprint density at radius 3 is 2.69 bits per heavy atom. The molecular formula is C25H27N3O3S.